The summed E-state index contributed by atoms with van der Waals surface area (Å²) in [4.78, 5) is 23.0. The van der Waals surface area contributed by atoms with E-state index in [1.54, 1.807) is 0 Å². The number of aliphatic carboxylic acids is 1. The van der Waals surface area contributed by atoms with Gasteiger partial charge in [0, 0.05) is 13.8 Å². The lowest BCUT2D eigenvalue weighted by Crippen LogP contribution is -2.53. The molecule has 0 unspecified atom stereocenters. The maximum atomic E-state index is 11.3. The van der Waals surface area contributed by atoms with Crippen LogP contribution in [0.3, 0.4) is 0 Å². The van der Waals surface area contributed by atoms with Crippen molar-refractivity contribution in [2.24, 2.45) is 5.73 Å². The van der Waals surface area contributed by atoms with Gasteiger partial charge < -0.3 is 16.0 Å². The SMILES string of the molecule is CC1(C)N(C[C@@H](N)C(=O)O)C(=O)C=[N+]1[O-]. The number of amides is 1. The standard InChI is InChI=1S/C8H13N3O4/c1-8(2)10(3-5(9)7(13)14)6(12)4-11(8)15/h4-5H,3,9H2,1-2H3,(H,13,14)/t5-/m1/s1. The fourth-order valence-corrected chi connectivity index (χ4v) is 1.30. The van der Waals surface area contributed by atoms with Crippen molar-refractivity contribution in [1.82, 2.24) is 4.90 Å². The van der Waals surface area contributed by atoms with E-state index in [1.807, 2.05) is 0 Å². The number of rotatable bonds is 3. The molecule has 0 saturated carbocycles. The molecule has 0 aliphatic carbocycles. The van der Waals surface area contributed by atoms with E-state index in [0.717, 1.165) is 11.1 Å². The Balaban J connectivity index is 2.81. The third-order valence-electron chi connectivity index (χ3n) is 2.39. The Kier molecular flexibility index (Phi) is 2.67. The maximum absolute atomic E-state index is 11.3. The van der Waals surface area contributed by atoms with Crippen LogP contribution in [0.2, 0.25) is 0 Å². The lowest BCUT2D eigenvalue weighted by atomic mass is 10.2. The molecule has 1 aliphatic rings. The van der Waals surface area contributed by atoms with Crippen LogP contribution >= 0.6 is 0 Å². The first kappa shape index (κ1) is 11.4. The third kappa shape index (κ3) is 1.91. The van der Waals surface area contributed by atoms with Gasteiger partial charge >= 0.3 is 11.9 Å². The second kappa shape index (κ2) is 3.50. The van der Waals surface area contributed by atoms with Crippen molar-refractivity contribution in [1.29, 1.82) is 0 Å². The zero-order valence-electron chi connectivity index (χ0n) is 8.51. The van der Waals surface area contributed by atoms with Gasteiger partial charge in [0.2, 0.25) is 11.9 Å². The summed E-state index contributed by atoms with van der Waals surface area (Å²) in [7, 11) is 0. The highest BCUT2D eigenvalue weighted by Crippen LogP contribution is 2.19. The Bertz CT molecular complexity index is 337. The van der Waals surface area contributed by atoms with Crippen LogP contribution < -0.4 is 5.73 Å². The molecule has 0 saturated heterocycles. The average molecular weight is 215 g/mol. The first-order valence-corrected chi connectivity index (χ1v) is 4.38. The van der Waals surface area contributed by atoms with Crippen molar-refractivity contribution in [3.8, 4) is 0 Å². The molecule has 1 atom stereocenters. The van der Waals surface area contributed by atoms with Gasteiger partial charge in [0.15, 0.2) is 0 Å². The molecule has 0 aromatic carbocycles. The maximum Gasteiger partial charge on any atom is 0.322 e. The molecular formula is C8H13N3O4. The van der Waals surface area contributed by atoms with Gasteiger partial charge in [0.05, 0.1) is 6.54 Å². The smallest absolute Gasteiger partial charge is 0.322 e. The van der Waals surface area contributed by atoms with Gasteiger partial charge in [-0.1, -0.05) is 0 Å². The predicted molar refractivity (Wildman–Crippen MR) is 51.1 cm³/mol. The zero-order chi connectivity index (χ0) is 11.8. The molecule has 0 aromatic heterocycles. The van der Waals surface area contributed by atoms with Crippen LogP contribution in [0.25, 0.3) is 0 Å². The highest BCUT2D eigenvalue weighted by molar-refractivity contribution is 6.25. The van der Waals surface area contributed by atoms with Gasteiger partial charge in [-0.05, 0) is 0 Å². The minimum absolute atomic E-state index is 0.184. The number of hydroxylamine groups is 1. The summed E-state index contributed by atoms with van der Waals surface area (Å²) in [6.07, 6.45) is 0.884. The molecule has 0 fully saturated rings. The monoisotopic (exact) mass is 215 g/mol. The lowest BCUT2D eigenvalue weighted by Gasteiger charge is -2.29. The van der Waals surface area contributed by atoms with Gasteiger partial charge in [0.25, 0.3) is 0 Å². The van der Waals surface area contributed by atoms with Crippen LogP contribution in [0.4, 0.5) is 0 Å². The Morgan fingerprint density at radius 2 is 2.33 bits per heavy atom. The molecule has 7 nitrogen and oxygen atoms in total. The number of carbonyl (C=O) groups is 2. The van der Waals surface area contributed by atoms with Crippen LogP contribution in [0.1, 0.15) is 13.8 Å². The van der Waals surface area contributed by atoms with E-state index in [-0.39, 0.29) is 6.54 Å². The van der Waals surface area contributed by atoms with Gasteiger partial charge in [-0.15, -0.1) is 0 Å². The van der Waals surface area contributed by atoms with E-state index in [2.05, 4.69) is 0 Å². The summed E-state index contributed by atoms with van der Waals surface area (Å²) < 4.78 is 0.490. The normalized spacial score (nSPS) is 21.4. The number of carbonyl (C=O) groups excluding carboxylic acids is 1. The highest BCUT2D eigenvalue weighted by atomic mass is 16.5. The van der Waals surface area contributed by atoms with E-state index in [9.17, 15) is 14.8 Å². The summed E-state index contributed by atoms with van der Waals surface area (Å²) >= 11 is 0. The molecule has 0 spiro atoms. The second-order valence-electron chi connectivity index (χ2n) is 3.84. The molecule has 0 aromatic rings. The van der Waals surface area contributed by atoms with Crippen molar-refractivity contribution < 1.29 is 19.4 Å². The fourth-order valence-electron chi connectivity index (χ4n) is 1.30. The van der Waals surface area contributed by atoms with Crippen molar-refractivity contribution in [2.75, 3.05) is 6.54 Å². The molecule has 1 heterocycles. The van der Waals surface area contributed by atoms with Crippen molar-refractivity contribution >= 4 is 18.1 Å². The first-order valence-electron chi connectivity index (χ1n) is 4.38. The Morgan fingerprint density at radius 3 is 2.67 bits per heavy atom. The minimum Gasteiger partial charge on any atom is -0.622 e. The van der Waals surface area contributed by atoms with E-state index in [4.69, 9.17) is 10.8 Å². The van der Waals surface area contributed by atoms with Crippen molar-refractivity contribution in [3.63, 3.8) is 0 Å². The molecule has 15 heavy (non-hydrogen) atoms. The molecular weight excluding hydrogens is 202 g/mol. The predicted octanol–water partition coefficient (Wildman–Crippen LogP) is -1.44. The number of nitrogens with two attached hydrogens (primary N) is 1. The van der Waals surface area contributed by atoms with Crippen LogP contribution in [-0.4, -0.2) is 51.1 Å². The summed E-state index contributed by atoms with van der Waals surface area (Å²) in [5, 5.41) is 19.9. The van der Waals surface area contributed by atoms with Crippen LogP contribution in [0.15, 0.2) is 0 Å². The van der Waals surface area contributed by atoms with Crippen molar-refractivity contribution in [3.05, 3.63) is 5.21 Å². The second-order valence-corrected chi connectivity index (χ2v) is 3.84. The highest BCUT2D eigenvalue weighted by Gasteiger charge is 2.45. The summed E-state index contributed by atoms with van der Waals surface area (Å²) in [5.41, 5.74) is 4.22. The van der Waals surface area contributed by atoms with Crippen LogP contribution in [-0.2, 0) is 9.59 Å². The molecule has 1 amide bonds. The van der Waals surface area contributed by atoms with Gasteiger partial charge in [-0.25, -0.2) is 0 Å². The van der Waals surface area contributed by atoms with Gasteiger partial charge in [-0.3, -0.25) is 14.5 Å². The van der Waals surface area contributed by atoms with E-state index in [0.29, 0.717) is 4.74 Å². The summed E-state index contributed by atoms with van der Waals surface area (Å²) in [6.45, 7) is 2.86. The third-order valence-corrected chi connectivity index (χ3v) is 2.39. The minimum atomic E-state index is -1.21. The molecule has 1 rings (SSSR count). The fraction of sp³-hybridized carbons (Fsp3) is 0.625. The quantitative estimate of drug-likeness (QED) is 0.442. The Morgan fingerprint density at radius 1 is 1.80 bits per heavy atom. The number of nitrogens with zero attached hydrogens (tertiary/aromatic N) is 2. The van der Waals surface area contributed by atoms with Gasteiger partial charge in [0.1, 0.15) is 6.04 Å². The lowest BCUT2D eigenvalue weighted by molar-refractivity contribution is -0.553. The molecule has 0 bridgehead atoms. The number of carboxylic acids is 1. The molecule has 3 N–H and O–H groups in total. The topological polar surface area (TPSA) is 110 Å². The number of hydrogen-bond acceptors (Lipinski definition) is 4. The van der Waals surface area contributed by atoms with Crippen LogP contribution in [0.5, 0.6) is 0 Å². The number of carboxylic acid groups (broad SMARTS) is 1. The number of hydrogen-bond donors (Lipinski definition) is 2. The molecule has 7 heteroatoms. The average Bonchev–Trinajstić information content (AvgIpc) is 2.28. The first-order chi connectivity index (χ1) is 6.76. The Hall–Kier alpha value is -1.63. The molecule has 84 valence electrons. The molecule has 1 aliphatic heterocycles. The molecule has 0 radical (unpaired) electrons. The van der Waals surface area contributed by atoms with E-state index >= 15 is 0 Å². The summed E-state index contributed by atoms with van der Waals surface area (Å²) in [6, 6.07) is -1.19. The van der Waals surface area contributed by atoms with E-state index < -0.39 is 23.6 Å². The van der Waals surface area contributed by atoms with E-state index in [1.165, 1.54) is 13.8 Å². The summed E-state index contributed by atoms with van der Waals surface area (Å²) in [5.74, 6) is -1.73. The Labute approximate surface area is 86.4 Å². The van der Waals surface area contributed by atoms with Crippen molar-refractivity contribution in [2.45, 2.75) is 25.6 Å². The van der Waals surface area contributed by atoms with Crippen LogP contribution in [0, 0.1) is 5.21 Å². The van der Waals surface area contributed by atoms with Gasteiger partial charge in [-0.2, -0.15) is 4.74 Å². The largest absolute Gasteiger partial charge is 0.622 e. The zero-order valence-corrected chi connectivity index (χ0v) is 8.51.